The molecule has 2 N–H and O–H groups in total. The molecule has 2 aromatic heterocycles. The Balaban J connectivity index is 1.65. The standard InChI is InChI=1S/C19H13N3O3/c23-18-14-4-2-1-3-12(14)5-6-15(18)17-11-16(22-25-17)19(24)21-13-7-9-20-10-8-13/h1-11,23H,(H,20,21,24). The second-order valence-corrected chi connectivity index (χ2v) is 5.45. The molecule has 122 valence electrons. The zero-order valence-electron chi connectivity index (χ0n) is 13.0. The normalized spacial score (nSPS) is 10.7. The number of carbonyl (C=O) groups is 1. The van der Waals surface area contributed by atoms with Crippen molar-refractivity contribution in [2.24, 2.45) is 0 Å². The van der Waals surface area contributed by atoms with E-state index in [0.717, 1.165) is 5.39 Å². The number of aromatic hydroxyl groups is 1. The first-order valence-corrected chi connectivity index (χ1v) is 7.61. The van der Waals surface area contributed by atoms with E-state index < -0.39 is 5.91 Å². The molecule has 0 aliphatic carbocycles. The van der Waals surface area contributed by atoms with E-state index in [0.29, 0.717) is 22.4 Å². The maximum atomic E-state index is 12.2. The molecule has 0 spiro atoms. The van der Waals surface area contributed by atoms with Crippen LogP contribution in [-0.4, -0.2) is 21.2 Å². The van der Waals surface area contributed by atoms with Crippen molar-refractivity contribution in [1.29, 1.82) is 0 Å². The van der Waals surface area contributed by atoms with Gasteiger partial charge in [-0.3, -0.25) is 9.78 Å². The lowest BCUT2D eigenvalue weighted by Crippen LogP contribution is -2.11. The van der Waals surface area contributed by atoms with Gasteiger partial charge in [0.2, 0.25) is 0 Å². The minimum absolute atomic E-state index is 0.0929. The number of fused-ring (bicyclic) bond motifs is 1. The van der Waals surface area contributed by atoms with Crippen LogP contribution in [0.15, 0.2) is 71.5 Å². The number of phenols is 1. The monoisotopic (exact) mass is 331 g/mol. The SMILES string of the molecule is O=C(Nc1ccncc1)c1cc(-c2ccc3ccccc3c2O)on1. The fraction of sp³-hybridized carbons (Fsp3) is 0. The van der Waals surface area contributed by atoms with Gasteiger partial charge in [0.05, 0.1) is 5.56 Å². The summed E-state index contributed by atoms with van der Waals surface area (Å²) in [6.45, 7) is 0. The van der Waals surface area contributed by atoms with E-state index in [2.05, 4.69) is 15.5 Å². The van der Waals surface area contributed by atoms with E-state index in [1.807, 2.05) is 30.3 Å². The van der Waals surface area contributed by atoms with Gasteiger partial charge in [-0.2, -0.15) is 0 Å². The van der Waals surface area contributed by atoms with Crippen molar-refractivity contribution in [3.63, 3.8) is 0 Å². The van der Waals surface area contributed by atoms with Gasteiger partial charge in [0, 0.05) is 29.5 Å². The Hall–Kier alpha value is -3.67. The fourth-order valence-electron chi connectivity index (χ4n) is 2.59. The van der Waals surface area contributed by atoms with Crippen LogP contribution in [0.2, 0.25) is 0 Å². The average Bonchev–Trinajstić information content (AvgIpc) is 3.13. The van der Waals surface area contributed by atoms with Gasteiger partial charge in [-0.15, -0.1) is 0 Å². The molecule has 0 bridgehead atoms. The Morgan fingerprint density at radius 2 is 1.84 bits per heavy atom. The third-order valence-electron chi connectivity index (χ3n) is 3.85. The summed E-state index contributed by atoms with van der Waals surface area (Å²) in [6.07, 6.45) is 3.16. The smallest absolute Gasteiger partial charge is 0.277 e. The first-order valence-electron chi connectivity index (χ1n) is 7.61. The third-order valence-corrected chi connectivity index (χ3v) is 3.85. The predicted octanol–water partition coefficient (Wildman–Crippen LogP) is 3.85. The van der Waals surface area contributed by atoms with Crippen molar-refractivity contribution < 1.29 is 14.4 Å². The van der Waals surface area contributed by atoms with E-state index in [1.165, 1.54) is 6.07 Å². The number of pyridine rings is 1. The lowest BCUT2D eigenvalue weighted by molar-refractivity contribution is 0.101. The molecular weight excluding hydrogens is 318 g/mol. The highest BCUT2D eigenvalue weighted by Gasteiger charge is 2.17. The van der Waals surface area contributed by atoms with Gasteiger partial charge in [-0.05, 0) is 23.6 Å². The molecule has 0 atom stereocenters. The molecule has 0 fully saturated rings. The molecule has 0 aliphatic rings. The Labute approximate surface area is 142 Å². The molecule has 0 saturated heterocycles. The maximum absolute atomic E-state index is 12.2. The maximum Gasteiger partial charge on any atom is 0.277 e. The van der Waals surface area contributed by atoms with E-state index in [-0.39, 0.29) is 11.4 Å². The lowest BCUT2D eigenvalue weighted by atomic mass is 10.0. The summed E-state index contributed by atoms with van der Waals surface area (Å²) in [5, 5.41) is 18.6. The zero-order chi connectivity index (χ0) is 17.2. The van der Waals surface area contributed by atoms with Gasteiger partial charge in [0.15, 0.2) is 11.5 Å². The first kappa shape index (κ1) is 14.9. The van der Waals surface area contributed by atoms with Crippen LogP contribution in [0.3, 0.4) is 0 Å². The number of rotatable bonds is 3. The number of benzene rings is 2. The molecule has 0 unspecified atom stereocenters. The lowest BCUT2D eigenvalue weighted by Gasteiger charge is -2.04. The largest absolute Gasteiger partial charge is 0.507 e. The third kappa shape index (κ3) is 2.81. The van der Waals surface area contributed by atoms with Crippen molar-refractivity contribution in [2.75, 3.05) is 5.32 Å². The van der Waals surface area contributed by atoms with Crippen LogP contribution < -0.4 is 5.32 Å². The van der Waals surface area contributed by atoms with E-state index in [9.17, 15) is 9.90 Å². The highest BCUT2D eigenvalue weighted by Crippen LogP contribution is 2.36. The predicted molar refractivity (Wildman–Crippen MR) is 93.3 cm³/mol. The highest BCUT2D eigenvalue weighted by molar-refractivity contribution is 6.03. The van der Waals surface area contributed by atoms with Gasteiger partial charge in [-0.25, -0.2) is 0 Å². The van der Waals surface area contributed by atoms with Crippen LogP contribution in [0.4, 0.5) is 5.69 Å². The van der Waals surface area contributed by atoms with Crippen LogP contribution in [0.1, 0.15) is 10.5 Å². The Kier molecular flexibility index (Phi) is 3.63. The topological polar surface area (TPSA) is 88.2 Å². The number of carbonyl (C=O) groups excluding carboxylic acids is 1. The minimum atomic E-state index is -0.401. The number of hydrogen-bond acceptors (Lipinski definition) is 5. The van der Waals surface area contributed by atoms with Crippen LogP contribution in [-0.2, 0) is 0 Å². The second-order valence-electron chi connectivity index (χ2n) is 5.45. The van der Waals surface area contributed by atoms with Gasteiger partial charge in [0.1, 0.15) is 5.75 Å². The van der Waals surface area contributed by atoms with Crippen molar-refractivity contribution in [2.45, 2.75) is 0 Å². The number of phenolic OH excluding ortho intramolecular Hbond substituents is 1. The van der Waals surface area contributed by atoms with E-state index in [4.69, 9.17) is 4.52 Å². The van der Waals surface area contributed by atoms with E-state index in [1.54, 1.807) is 30.6 Å². The van der Waals surface area contributed by atoms with Gasteiger partial charge in [-0.1, -0.05) is 35.5 Å². The summed E-state index contributed by atoms with van der Waals surface area (Å²) >= 11 is 0. The zero-order valence-corrected chi connectivity index (χ0v) is 13.0. The van der Waals surface area contributed by atoms with Crippen molar-refractivity contribution in [3.8, 4) is 17.1 Å². The molecule has 1 amide bonds. The molecule has 6 heteroatoms. The summed E-state index contributed by atoms with van der Waals surface area (Å²) in [5.41, 5.74) is 1.21. The summed E-state index contributed by atoms with van der Waals surface area (Å²) < 4.78 is 5.26. The van der Waals surface area contributed by atoms with Crippen molar-refractivity contribution >= 4 is 22.4 Å². The van der Waals surface area contributed by atoms with Crippen LogP contribution >= 0.6 is 0 Å². The number of amides is 1. The molecule has 25 heavy (non-hydrogen) atoms. The Morgan fingerprint density at radius 1 is 1.04 bits per heavy atom. The second kappa shape index (κ2) is 6.09. The summed E-state index contributed by atoms with van der Waals surface area (Å²) in [7, 11) is 0. The molecule has 2 heterocycles. The van der Waals surface area contributed by atoms with Crippen LogP contribution in [0.25, 0.3) is 22.1 Å². The van der Waals surface area contributed by atoms with Crippen molar-refractivity contribution in [1.82, 2.24) is 10.1 Å². The molecular formula is C19H13N3O3. The van der Waals surface area contributed by atoms with Crippen LogP contribution in [0.5, 0.6) is 5.75 Å². The number of nitrogens with one attached hydrogen (secondary N) is 1. The quantitative estimate of drug-likeness (QED) is 0.595. The summed E-state index contributed by atoms with van der Waals surface area (Å²) in [5.74, 6) is 0.0138. The highest BCUT2D eigenvalue weighted by atomic mass is 16.5. The summed E-state index contributed by atoms with van der Waals surface area (Å²) in [6, 6.07) is 15.9. The Bertz CT molecular complexity index is 1060. The number of anilines is 1. The Morgan fingerprint density at radius 3 is 2.68 bits per heavy atom. The van der Waals surface area contributed by atoms with Gasteiger partial charge in [0.25, 0.3) is 5.91 Å². The number of aromatic nitrogens is 2. The average molecular weight is 331 g/mol. The molecule has 4 aromatic rings. The molecule has 0 radical (unpaired) electrons. The fourth-order valence-corrected chi connectivity index (χ4v) is 2.59. The number of hydrogen-bond donors (Lipinski definition) is 2. The molecule has 2 aromatic carbocycles. The minimum Gasteiger partial charge on any atom is -0.507 e. The number of nitrogens with zero attached hydrogens (tertiary/aromatic N) is 2. The summed E-state index contributed by atoms with van der Waals surface area (Å²) in [4.78, 5) is 16.1. The molecule has 0 saturated carbocycles. The first-order chi connectivity index (χ1) is 12.2. The van der Waals surface area contributed by atoms with Gasteiger partial charge >= 0.3 is 0 Å². The van der Waals surface area contributed by atoms with Crippen molar-refractivity contribution in [3.05, 3.63) is 72.7 Å². The van der Waals surface area contributed by atoms with Gasteiger partial charge < -0.3 is 14.9 Å². The molecule has 6 nitrogen and oxygen atoms in total. The molecule has 0 aliphatic heterocycles. The van der Waals surface area contributed by atoms with Crippen LogP contribution in [0, 0.1) is 0 Å². The molecule has 4 rings (SSSR count). The van der Waals surface area contributed by atoms with E-state index >= 15 is 0 Å².